The Balaban J connectivity index is 2.30. The van der Waals surface area contributed by atoms with E-state index in [-0.39, 0.29) is 5.09 Å². The van der Waals surface area contributed by atoms with E-state index in [1.807, 2.05) is 6.92 Å². The molecule has 2 N–H and O–H groups in total. The Bertz CT molecular complexity index is 681. The van der Waals surface area contributed by atoms with Crippen LogP contribution in [0.25, 0.3) is 11.0 Å². The largest absolute Gasteiger partial charge is 0.616 e. The lowest BCUT2D eigenvalue weighted by atomic mass is 10.3. The minimum atomic E-state index is -3.86. The highest BCUT2D eigenvalue weighted by Gasteiger charge is 2.16. The Morgan fingerprint density at radius 2 is 2.21 bits per heavy atom. The molecule has 0 bridgehead atoms. The lowest BCUT2D eigenvalue weighted by Crippen LogP contribution is -2.10. The van der Waals surface area contributed by atoms with Gasteiger partial charge in [0.1, 0.15) is 17.1 Å². The van der Waals surface area contributed by atoms with Gasteiger partial charge in [0.2, 0.25) is 5.09 Å². The number of hydrogen-bond donors (Lipinski definition) is 1. The van der Waals surface area contributed by atoms with Crippen LogP contribution in [0.15, 0.2) is 27.8 Å². The molecular weight excluding hydrogens is 288 g/mol. The molecule has 0 spiro atoms. The maximum absolute atomic E-state index is 11.6. The van der Waals surface area contributed by atoms with Crippen LogP contribution in [0.3, 0.4) is 0 Å². The number of aromatic nitrogens is 1. The van der Waals surface area contributed by atoms with Gasteiger partial charge in [0.05, 0.1) is 5.69 Å². The molecule has 8 heteroatoms. The van der Waals surface area contributed by atoms with Crippen molar-refractivity contribution in [2.45, 2.75) is 24.2 Å². The number of rotatable bonds is 5. The molecule has 0 saturated carbocycles. The first-order valence-corrected chi connectivity index (χ1v) is 8.70. The van der Waals surface area contributed by atoms with Gasteiger partial charge in [-0.15, -0.1) is 0 Å². The molecule has 0 radical (unpaired) electrons. The number of hydrogen-bond acceptors (Lipinski definition) is 5. The third-order valence-electron chi connectivity index (χ3n) is 2.46. The van der Waals surface area contributed by atoms with Gasteiger partial charge < -0.3 is 8.97 Å². The molecule has 2 heterocycles. The summed E-state index contributed by atoms with van der Waals surface area (Å²) in [6.07, 6.45) is 2.33. The molecule has 104 valence electrons. The number of primary sulfonamides is 1. The van der Waals surface area contributed by atoms with Crippen LogP contribution < -0.4 is 5.14 Å². The average Bonchev–Trinajstić information content (AvgIpc) is 2.71. The molecule has 0 saturated heterocycles. The highest BCUT2D eigenvalue weighted by molar-refractivity contribution is 7.90. The first-order valence-electron chi connectivity index (χ1n) is 5.66. The molecule has 0 aliphatic carbocycles. The summed E-state index contributed by atoms with van der Waals surface area (Å²) < 4.78 is 39.1. The Labute approximate surface area is 114 Å². The van der Waals surface area contributed by atoms with Gasteiger partial charge in [0.15, 0.2) is 0 Å². The summed E-state index contributed by atoms with van der Waals surface area (Å²) in [4.78, 5) is 4.14. The van der Waals surface area contributed by atoms with E-state index < -0.39 is 21.2 Å². The lowest BCUT2D eigenvalue weighted by Gasteiger charge is -2.08. The molecule has 2 aromatic rings. The molecule has 2 aromatic heterocycles. The van der Waals surface area contributed by atoms with Crippen molar-refractivity contribution in [1.29, 1.82) is 0 Å². The zero-order chi connectivity index (χ0) is 14.0. The van der Waals surface area contributed by atoms with Crippen LogP contribution in [0.5, 0.6) is 0 Å². The van der Waals surface area contributed by atoms with Gasteiger partial charge >= 0.3 is 0 Å². The standard InChI is InChI=1S/C11H14N2O4S2/c1-2-3-18(14)7-9-5-10-8(6-13-9)4-11(17-10)19(12,15)16/h4-6H,2-3,7H2,1H3,(H2,12,15,16). The van der Waals surface area contributed by atoms with Crippen LogP contribution in [0.4, 0.5) is 0 Å². The van der Waals surface area contributed by atoms with Crippen molar-refractivity contribution in [3.63, 3.8) is 0 Å². The fourth-order valence-corrected chi connectivity index (χ4v) is 3.22. The number of furan rings is 1. The monoisotopic (exact) mass is 302 g/mol. The van der Waals surface area contributed by atoms with Gasteiger partial charge in [-0.2, -0.15) is 0 Å². The number of fused-ring (bicyclic) bond motifs is 1. The summed E-state index contributed by atoms with van der Waals surface area (Å²) >= 11 is -0.971. The Kier molecular flexibility index (Phi) is 4.14. The normalized spacial score (nSPS) is 13.8. The number of nitrogens with two attached hydrogens (primary N) is 1. The van der Waals surface area contributed by atoms with Gasteiger partial charge in [-0.05, 0) is 17.6 Å². The van der Waals surface area contributed by atoms with Crippen molar-refractivity contribution in [1.82, 2.24) is 4.98 Å². The minimum absolute atomic E-state index is 0.295. The van der Waals surface area contributed by atoms with E-state index in [1.54, 1.807) is 6.07 Å². The molecule has 0 aromatic carbocycles. The maximum atomic E-state index is 11.6. The predicted molar refractivity (Wildman–Crippen MR) is 72.4 cm³/mol. The van der Waals surface area contributed by atoms with E-state index in [9.17, 15) is 13.0 Å². The van der Waals surface area contributed by atoms with Crippen LogP contribution in [-0.4, -0.2) is 23.7 Å². The molecule has 0 amide bonds. The molecule has 2 rings (SSSR count). The molecular formula is C11H14N2O4S2. The van der Waals surface area contributed by atoms with Crippen molar-refractivity contribution in [2.24, 2.45) is 5.14 Å². The maximum Gasteiger partial charge on any atom is 0.271 e. The zero-order valence-corrected chi connectivity index (χ0v) is 12.0. The Hall–Kier alpha value is -1.09. The van der Waals surface area contributed by atoms with Gasteiger partial charge in [-0.3, -0.25) is 4.98 Å². The fourth-order valence-electron chi connectivity index (χ4n) is 1.63. The van der Waals surface area contributed by atoms with Crippen LogP contribution in [0.1, 0.15) is 19.0 Å². The summed E-state index contributed by atoms with van der Waals surface area (Å²) in [7, 11) is -3.86. The Morgan fingerprint density at radius 3 is 2.84 bits per heavy atom. The first-order chi connectivity index (χ1) is 8.90. The quantitative estimate of drug-likeness (QED) is 0.833. The predicted octanol–water partition coefficient (Wildman–Crippen LogP) is 1.13. The molecule has 19 heavy (non-hydrogen) atoms. The second-order valence-corrected chi connectivity index (χ2v) is 7.18. The van der Waals surface area contributed by atoms with E-state index in [4.69, 9.17) is 9.56 Å². The van der Waals surface area contributed by atoms with Crippen molar-refractivity contribution in [2.75, 3.05) is 5.75 Å². The summed E-state index contributed by atoms with van der Waals surface area (Å²) in [5.74, 6) is 0.940. The van der Waals surface area contributed by atoms with E-state index in [2.05, 4.69) is 4.98 Å². The van der Waals surface area contributed by atoms with Crippen molar-refractivity contribution in [3.05, 3.63) is 24.0 Å². The molecule has 0 fully saturated rings. The van der Waals surface area contributed by atoms with E-state index in [0.29, 0.717) is 28.2 Å². The second kappa shape index (κ2) is 5.49. The van der Waals surface area contributed by atoms with Crippen LogP contribution in [0, 0.1) is 0 Å². The van der Waals surface area contributed by atoms with Crippen LogP contribution in [0.2, 0.25) is 0 Å². The lowest BCUT2D eigenvalue weighted by molar-refractivity contribution is 0.482. The average molecular weight is 302 g/mol. The number of nitrogens with zero attached hydrogens (tertiary/aromatic N) is 1. The summed E-state index contributed by atoms with van der Waals surface area (Å²) in [6, 6.07) is 2.92. The molecule has 1 atom stereocenters. The zero-order valence-electron chi connectivity index (χ0n) is 10.3. The van der Waals surface area contributed by atoms with Crippen LogP contribution >= 0.6 is 0 Å². The molecule has 1 unspecified atom stereocenters. The summed E-state index contributed by atoms with van der Waals surface area (Å²) in [5, 5.41) is 5.24. The van der Waals surface area contributed by atoms with Crippen molar-refractivity contribution < 1.29 is 17.4 Å². The smallest absolute Gasteiger partial charge is 0.271 e. The van der Waals surface area contributed by atoms with Crippen molar-refractivity contribution in [3.8, 4) is 0 Å². The third-order valence-corrected chi connectivity index (χ3v) is 4.70. The number of pyridine rings is 1. The molecule has 6 nitrogen and oxygen atoms in total. The topological polar surface area (TPSA) is 109 Å². The second-order valence-electron chi connectivity index (χ2n) is 4.11. The summed E-state index contributed by atoms with van der Waals surface area (Å²) in [5.41, 5.74) is 0.983. The van der Waals surface area contributed by atoms with E-state index in [0.717, 1.165) is 6.42 Å². The van der Waals surface area contributed by atoms with Gasteiger partial charge in [-0.1, -0.05) is 6.92 Å². The fraction of sp³-hybridized carbons (Fsp3) is 0.364. The SMILES string of the molecule is CCC[S+]([O-])Cc1cc2oc(S(N)(=O)=O)cc2cn1. The van der Waals surface area contributed by atoms with Gasteiger partial charge in [0, 0.05) is 23.7 Å². The first kappa shape index (κ1) is 14.3. The summed E-state index contributed by atoms with van der Waals surface area (Å²) in [6.45, 7) is 1.96. The molecule has 0 aliphatic rings. The van der Waals surface area contributed by atoms with Gasteiger partial charge in [-0.25, -0.2) is 13.6 Å². The van der Waals surface area contributed by atoms with Crippen LogP contribution in [-0.2, 0) is 27.0 Å². The Morgan fingerprint density at radius 1 is 1.47 bits per heavy atom. The number of sulfonamides is 1. The molecule has 0 aliphatic heterocycles. The van der Waals surface area contributed by atoms with E-state index >= 15 is 0 Å². The highest BCUT2D eigenvalue weighted by atomic mass is 32.2. The van der Waals surface area contributed by atoms with Gasteiger partial charge in [0.25, 0.3) is 10.0 Å². The van der Waals surface area contributed by atoms with Crippen molar-refractivity contribution >= 4 is 32.2 Å². The minimum Gasteiger partial charge on any atom is -0.616 e. The third kappa shape index (κ3) is 3.47. The highest BCUT2D eigenvalue weighted by Crippen LogP contribution is 2.22. The van der Waals surface area contributed by atoms with E-state index in [1.165, 1.54) is 12.3 Å².